The van der Waals surface area contributed by atoms with Crippen LogP contribution in [0.25, 0.3) is 11.5 Å². The van der Waals surface area contributed by atoms with Crippen LogP contribution in [0.1, 0.15) is 123 Å². The molecule has 0 bridgehead atoms. The normalized spacial score (nSPS) is 30.3. The van der Waals surface area contributed by atoms with Gasteiger partial charge in [0.2, 0.25) is 0 Å². The summed E-state index contributed by atoms with van der Waals surface area (Å²) >= 11 is 0. The molecule has 2 aromatic heterocycles. The zero-order valence-electron chi connectivity index (χ0n) is 34.9. The van der Waals surface area contributed by atoms with Gasteiger partial charge in [0.05, 0.1) is 6.42 Å². The summed E-state index contributed by atoms with van der Waals surface area (Å²) in [5.74, 6) is 7.05. The van der Waals surface area contributed by atoms with E-state index in [-0.39, 0.29) is 17.5 Å². The lowest BCUT2D eigenvalue weighted by atomic mass is 9.47. The van der Waals surface area contributed by atoms with Crippen molar-refractivity contribution in [1.82, 2.24) is 15.0 Å². The van der Waals surface area contributed by atoms with Crippen molar-refractivity contribution in [3.8, 4) is 11.5 Å². The number of carbonyl (C=O) groups excluding carboxylic acids is 1. The van der Waals surface area contributed by atoms with Crippen LogP contribution in [0.2, 0.25) is 0 Å². The van der Waals surface area contributed by atoms with E-state index in [0.29, 0.717) is 30.0 Å². The Morgan fingerprint density at radius 1 is 0.929 bits per heavy atom. The highest BCUT2D eigenvalue weighted by atomic mass is 16.5. The van der Waals surface area contributed by atoms with Crippen molar-refractivity contribution in [2.24, 2.45) is 46.3 Å². The Labute approximate surface area is 336 Å². The summed E-state index contributed by atoms with van der Waals surface area (Å²) in [5, 5.41) is 3.45. The fourth-order valence-corrected chi connectivity index (χ4v) is 12.5. The number of carbonyl (C=O) groups is 1. The molecule has 0 radical (unpaired) electrons. The number of benzene rings is 1. The van der Waals surface area contributed by atoms with Crippen molar-refractivity contribution < 1.29 is 9.53 Å². The molecule has 3 fully saturated rings. The van der Waals surface area contributed by atoms with Crippen LogP contribution < -0.4 is 10.2 Å². The van der Waals surface area contributed by atoms with Gasteiger partial charge in [-0.15, -0.1) is 0 Å². The van der Waals surface area contributed by atoms with E-state index in [1.807, 2.05) is 24.3 Å². The molecule has 56 heavy (non-hydrogen) atoms. The Hall–Kier alpha value is -3.74. The molecule has 3 heterocycles. The topological polar surface area (TPSA) is 80.2 Å². The van der Waals surface area contributed by atoms with Crippen molar-refractivity contribution in [2.45, 2.75) is 131 Å². The molecule has 4 aliphatic carbocycles. The van der Waals surface area contributed by atoms with Crippen molar-refractivity contribution in [1.29, 1.82) is 0 Å². The Bertz CT molecular complexity index is 1830. The van der Waals surface area contributed by atoms with Gasteiger partial charge in [0, 0.05) is 38.3 Å². The van der Waals surface area contributed by atoms with Gasteiger partial charge in [-0.2, -0.15) is 0 Å². The second kappa shape index (κ2) is 16.6. The third-order valence-corrected chi connectivity index (χ3v) is 15.5. The molecule has 5 aliphatic rings. The average Bonchev–Trinajstić information content (AvgIpc) is 3.41. The minimum Gasteiger partial charge on any atom is -0.462 e. The molecule has 8 unspecified atom stereocenters. The van der Waals surface area contributed by atoms with Crippen molar-refractivity contribution in [3.05, 3.63) is 77.5 Å². The molecule has 0 spiro atoms. The van der Waals surface area contributed by atoms with Gasteiger partial charge >= 0.3 is 5.97 Å². The van der Waals surface area contributed by atoms with Crippen LogP contribution >= 0.6 is 0 Å². The molecule has 8 atom stereocenters. The molecule has 3 aromatic rings. The van der Waals surface area contributed by atoms with E-state index in [2.05, 4.69) is 80.2 Å². The zero-order chi connectivity index (χ0) is 38.9. The van der Waals surface area contributed by atoms with Gasteiger partial charge in [-0.25, -0.2) is 9.97 Å². The lowest BCUT2D eigenvalue weighted by Gasteiger charge is -2.58. The second-order valence-electron chi connectivity index (χ2n) is 19.2. The minimum absolute atomic E-state index is 0.0247. The smallest absolute Gasteiger partial charge is 0.307 e. The SMILES string of the molecule is CC(C)CCCC(C)C1CCC2C3CC=C4CC(OC(=O)CCNc5cc(N6CCc7ccccc7CC6)nc(-c6ccccn6)n5)CCC4(C)C3CCC12C. The molecular formula is C49H67N5O2. The molecule has 0 saturated heterocycles. The Morgan fingerprint density at radius 3 is 2.46 bits per heavy atom. The summed E-state index contributed by atoms with van der Waals surface area (Å²) in [6.07, 6.45) is 20.6. The summed E-state index contributed by atoms with van der Waals surface area (Å²) in [4.78, 5) is 30.0. The predicted octanol–water partition coefficient (Wildman–Crippen LogP) is 10.9. The molecular weight excluding hydrogens is 691 g/mol. The van der Waals surface area contributed by atoms with Gasteiger partial charge in [-0.3, -0.25) is 9.78 Å². The van der Waals surface area contributed by atoms with Crippen LogP contribution in [0, 0.1) is 46.3 Å². The standard InChI is InChI=1S/C49H67N5O2/c1-33(2)11-10-12-34(3)40-18-19-41-39-17-16-37-31-38(20-25-48(37,4)42(39)21-26-49(40,41)5)56-46(55)22-28-51-44-32-45(53-47(52-44)43-15-8-9-27-50-43)54-29-23-35-13-6-7-14-36(35)24-30-54/h6-9,13-16,27,32-34,38-42H,10-12,17-26,28-31H2,1-5H3,(H,51,52,53). The molecule has 1 N–H and O–H groups in total. The van der Waals surface area contributed by atoms with Gasteiger partial charge in [-0.05, 0) is 127 Å². The number of nitrogens with one attached hydrogen (secondary N) is 1. The summed E-state index contributed by atoms with van der Waals surface area (Å²) in [6, 6.07) is 16.6. The Balaban J connectivity index is 0.868. The number of fused-ring (bicyclic) bond motifs is 6. The highest BCUT2D eigenvalue weighted by Gasteiger charge is 2.59. The fraction of sp³-hybridized carbons (Fsp3) is 0.633. The molecule has 7 nitrogen and oxygen atoms in total. The van der Waals surface area contributed by atoms with Crippen LogP contribution in [0.4, 0.5) is 11.6 Å². The van der Waals surface area contributed by atoms with Gasteiger partial charge in [0.25, 0.3) is 0 Å². The van der Waals surface area contributed by atoms with E-state index in [1.165, 1.54) is 62.5 Å². The maximum atomic E-state index is 13.3. The molecule has 1 aliphatic heterocycles. The fourth-order valence-electron chi connectivity index (χ4n) is 12.5. The van der Waals surface area contributed by atoms with E-state index in [1.54, 1.807) is 11.8 Å². The van der Waals surface area contributed by atoms with Crippen molar-refractivity contribution >= 4 is 17.6 Å². The van der Waals surface area contributed by atoms with Crippen LogP contribution in [0.3, 0.4) is 0 Å². The third-order valence-electron chi connectivity index (χ3n) is 15.5. The van der Waals surface area contributed by atoms with Gasteiger partial charge in [-0.1, -0.05) is 95.9 Å². The number of nitrogens with zero attached hydrogens (tertiary/aromatic N) is 4. The Morgan fingerprint density at radius 2 is 1.71 bits per heavy atom. The highest BCUT2D eigenvalue weighted by molar-refractivity contribution is 5.70. The van der Waals surface area contributed by atoms with Crippen LogP contribution in [0.15, 0.2) is 66.4 Å². The number of aromatic nitrogens is 3. The first kappa shape index (κ1) is 39.1. The number of rotatable bonds is 12. The summed E-state index contributed by atoms with van der Waals surface area (Å²) in [6.45, 7) is 14.8. The van der Waals surface area contributed by atoms with E-state index < -0.39 is 0 Å². The molecule has 300 valence electrons. The predicted molar refractivity (Wildman–Crippen MR) is 227 cm³/mol. The van der Waals surface area contributed by atoms with E-state index >= 15 is 0 Å². The first-order chi connectivity index (χ1) is 27.1. The number of hydrogen-bond donors (Lipinski definition) is 1. The Kier molecular flexibility index (Phi) is 11.6. The van der Waals surface area contributed by atoms with Gasteiger partial charge in [0.15, 0.2) is 5.82 Å². The highest BCUT2D eigenvalue weighted by Crippen LogP contribution is 2.67. The van der Waals surface area contributed by atoms with Crippen LogP contribution in [-0.4, -0.2) is 46.7 Å². The van der Waals surface area contributed by atoms with Crippen molar-refractivity contribution in [2.75, 3.05) is 29.9 Å². The van der Waals surface area contributed by atoms with Crippen LogP contribution in [0.5, 0.6) is 0 Å². The lowest BCUT2D eigenvalue weighted by Crippen LogP contribution is -2.51. The van der Waals surface area contributed by atoms with E-state index in [0.717, 1.165) is 92.2 Å². The number of allylic oxidation sites excluding steroid dienone is 1. The number of ether oxygens (including phenoxy) is 1. The zero-order valence-corrected chi connectivity index (χ0v) is 34.9. The van der Waals surface area contributed by atoms with Crippen molar-refractivity contribution in [3.63, 3.8) is 0 Å². The number of anilines is 2. The van der Waals surface area contributed by atoms with Gasteiger partial charge in [0.1, 0.15) is 23.4 Å². The van der Waals surface area contributed by atoms with E-state index in [4.69, 9.17) is 14.7 Å². The van der Waals surface area contributed by atoms with Crippen LogP contribution in [-0.2, 0) is 22.4 Å². The number of pyridine rings is 1. The molecule has 7 heteroatoms. The quantitative estimate of drug-likeness (QED) is 0.146. The third kappa shape index (κ3) is 8.03. The maximum absolute atomic E-state index is 13.3. The summed E-state index contributed by atoms with van der Waals surface area (Å²) < 4.78 is 6.22. The maximum Gasteiger partial charge on any atom is 0.307 e. The first-order valence-corrected chi connectivity index (χ1v) is 22.4. The second-order valence-corrected chi connectivity index (χ2v) is 19.2. The minimum atomic E-state index is -0.127. The summed E-state index contributed by atoms with van der Waals surface area (Å²) in [7, 11) is 0. The summed E-state index contributed by atoms with van der Waals surface area (Å²) in [5.41, 5.74) is 5.89. The average molecular weight is 758 g/mol. The first-order valence-electron chi connectivity index (χ1n) is 22.4. The molecule has 0 amide bonds. The molecule has 3 saturated carbocycles. The number of hydrogen-bond acceptors (Lipinski definition) is 7. The number of esters is 1. The largest absolute Gasteiger partial charge is 0.462 e. The monoisotopic (exact) mass is 758 g/mol. The lowest BCUT2D eigenvalue weighted by molar-refractivity contribution is -0.151. The van der Waals surface area contributed by atoms with Gasteiger partial charge < -0.3 is 15.0 Å². The van der Waals surface area contributed by atoms with E-state index in [9.17, 15) is 4.79 Å². The molecule has 1 aromatic carbocycles. The molecule has 8 rings (SSSR count).